The number of aliphatic hydroxyl groups excluding tert-OH is 1. The molecule has 0 aliphatic heterocycles. The molecule has 3 aromatic rings. The lowest BCUT2D eigenvalue weighted by molar-refractivity contribution is 0.211. The Hall–Kier alpha value is -0.690. The van der Waals surface area contributed by atoms with Crippen LogP contribution in [0.1, 0.15) is 23.1 Å². The third-order valence-electron chi connectivity index (χ3n) is 3.38. The van der Waals surface area contributed by atoms with E-state index in [4.69, 9.17) is 0 Å². The highest BCUT2D eigenvalue weighted by atomic mass is 79.9. The summed E-state index contributed by atoms with van der Waals surface area (Å²) in [5, 5.41) is 10.5. The number of aliphatic hydroxyl groups is 1. The van der Waals surface area contributed by atoms with Gasteiger partial charge in [0.05, 0.1) is 9.99 Å². The van der Waals surface area contributed by atoms with Crippen molar-refractivity contribution in [3.63, 3.8) is 0 Å². The van der Waals surface area contributed by atoms with Gasteiger partial charge in [-0.25, -0.2) is 4.98 Å². The summed E-state index contributed by atoms with van der Waals surface area (Å²) in [6.45, 7) is 2.01. The monoisotopic (exact) mass is 472 g/mol. The number of aromatic amines is 1. The summed E-state index contributed by atoms with van der Waals surface area (Å²) in [5.74, 6) is 0.523. The molecule has 0 aliphatic rings. The SMILES string of the molecule is Cc1c(Br)c(Br)c2nc(C(O)c3ccccc3)[nH]c2c1Br. The summed E-state index contributed by atoms with van der Waals surface area (Å²) in [6, 6.07) is 9.47. The molecule has 0 bridgehead atoms. The van der Waals surface area contributed by atoms with E-state index >= 15 is 0 Å². The van der Waals surface area contributed by atoms with Gasteiger partial charge in [0.1, 0.15) is 17.4 Å². The van der Waals surface area contributed by atoms with Gasteiger partial charge in [-0.15, -0.1) is 0 Å². The molecule has 0 saturated heterocycles. The normalized spacial score (nSPS) is 12.8. The topological polar surface area (TPSA) is 48.9 Å². The molecule has 3 rings (SSSR count). The lowest BCUT2D eigenvalue weighted by Gasteiger charge is -2.07. The highest BCUT2D eigenvalue weighted by Gasteiger charge is 2.20. The second kappa shape index (κ2) is 5.83. The lowest BCUT2D eigenvalue weighted by atomic mass is 10.1. The maximum atomic E-state index is 10.5. The van der Waals surface area contributed by atoms with Gasteiger partial charge < -0.3 is 10.1 Å². The Balaban J connectivity index is 2.18. The van der Waals surface area contributed by atoms with Crippen molar-refractivity contribution in [3.05, 3.63) is 60.7 Å². The molecule has 1 atom stereocenters. The zero-order valence-corrected chi connectivity index (χ0v) is 15.8. The predicted octanol–water partition coefficient (Wildman–Crippen LogP) is 5.24. The van der Waals surface area contributed by atoms with E-state index in [1.807, 2.05) is 37.3 Å². The van der Waals surface area contributed by atoms with Crippen LogP contribution in [0.15, 0.2) is 43.7 Å². The first-order chi connectivity index (χ1) is 10.0. The van der Waals surface area contributed by atoms with Gasteiger partial charge in [-0.3, -0.25) is 0 Å². The number of rotatable bonds is 2. The fraction of sp³-hybridized carbons (Fsp3) is 0.133. The Morgan fingerprint density at radius 3 is 2.38 bits per heavy atom. The van der Waals surface area contributed by atoms with Gasteiger partial charge >= 0.3 is 0 Å². The van der Waals surface area contributed by atoms with Gasteiger partial charge in [-0.05, 0) is 65.8 Å². The van der Waals surface area contributed by atoms with E-state index in [1.54, 1.807) is 0 Å². The first-order valence-electron chi connectivity index (χ1n) is 6.26. The minimum absolute atomic E-state index is 0.523. The van der Waals surface area contributed by atoms with Gasteiger partial charge in [0, 0.05) is 8.95 Å². The summed E-state index contributed by atoms with van der Waals surface area (Å²) in [5.41, 5.74) is 3.52. The van der Waals surface area contributed by atoms with Crippen molar-refractivity contribution in [2.75, 3.05) is 0 Å². The van der Waals surface area contributed by atoms with Crippen LogP contribution in [0.2, 0.25) is 0 Å². The Morgan fingerprint density at radius 1 is 1.05 bits per heavy atom. The van der Waals surface area contributed by atoms with Crippen molar-refractivity contribution in [1.29, 1.82) is 0 Å². The molecule has 1 aromatic heterocycles. The summed E-state index contributed by atoms with van der Waals surface area (Å²) in [4.78, 5) is 7.75. The summed E-state index contributed by atoms with van der Waals surface area (Å²) >= 11 is 10.7. The van der Waals surface area contributed by atoms with Crippen molar-refractivity contribution in [1.82, 2.24) is 9.97 Å². The van der Waals surface area contributed by atoms with Crippen molar-refractivity contribution < 1.29 is 5.11 Å². The second-order valence-electron chi connectivity index (χ2n) is 4.73. The molecule has 0 saturated carbocycles. The molecule has 0 fully saturated rings. The largest absolute Gasteiger partial charge is 0.380 e. The van der Waals surface area contributed by atoms with Crippen LogP contribution in [0.5, 0.6) is 0 Å². The van der Waals surface area contributed by atoms with E-state index in [9.17, 15) is 5.11 Å². The molecule has 0 radical (unpaired) electrons. The first-order valence-corrected chi connectivity index (χ1v) is 8.64. The van der Waals surface area contributed by atoms with Crippen molar-refractivity contribution in [2.45, 2.75) is 13.0 Å². The molecule has 2 N–H and O–H groups in total. The van der Waals surface area contributed by atoms with Crippen LogP contribution < -0.4 is 0 Å². The average molecular weight is 475 g/mol. The van der Waals surface area contributed by atoms with Gasteiger partial charge in [-0.2, -0.15) is 0 Å². The molecule has 2 aromatic carbocycles. The van der Waals surface area contributed by atoms with Crippen LogP contribution in [0, 0.1) is 6.92 Å². The van der Waals surface area contributed by atoms with E-state index in [2.05, 4.69) is 57.8 Å². The van der Waals surface area contributed by atoms with Crippen molar-refractivity contribution in [3.8, 4) is 0 Å². The maximum Gasteiger partial charge on any atom is 0.140 e. The van der Waals surface area contributed by atoms with E-state index < -0.39 is 6.10 Å². The van der Waals surface area contributed by atoms with Crippen LogP contribution in [0.3, 0.4) is 0 Å². The Morgan fingerprint density at radius 2 is 1.71 bits per heavy atom. The quantitative estimate of drug-likeness (QED) is 0.499. The molecule has 1 unspecified atom stereocenters. The Kier molecular flexibility index (Phi) is 4.23. The molecule has 1 heterocycles. The first kappa shape index (κ1) is 15.2. The number of imidazole rings is 1. The fourth-order valence-corrected chi connectivity index (χ4v) is 3.91. The van der Waals surface area contributed by atoms with Crippen LogP contribution in [0.25, 0.3) is 11.0 Å². The molecule has 108 valence electrons. The zero-order valence-electron chi connectivity index (χ0n) is 11.0. The van der Waals surface area contributed by atoms with E-state index in [-0.39, 0.29) is 0 Å². The highest BCUT2D eigenvalue weighted by molar-refractivity contribution is 9.13. The third kappa shape index (κ3) is 2.59. The number of halogens is 3. The molecule has 0 amide bonds. The number of hydrogen-bond acceptors (Lipinski definition) is 2. The zero-order chi connectivity index (χ0) is 15.1. The average Bonchev–Trinajstić information content (AvgIpc) is 2.96. The number of H-pyrrole nitrogens is 1. The van der Waals surface area contributed by atoms with E-state index in [0.29, 0.717) is 5.82 Å². The highest BCUT2D eigenvalue weighted by Crippen LogP contribution is 2.39. The summed E-state index contributed by atoms with van der Waals surface area (Å²) in [7, 11) is 0. The molecular weight excluding hydrogens is 464 g/mol. The standard InChI is InChI=1S/C15H11Br3N2O/c1-7-9(16)11(18)13-12(10(7)17)19-15(20-13)14(21)8-5-3-2-4-6-8/h2-6,14,21H,1H3,(H,19,20). The molecule has 0 spiro atoms. The predicted molar refractivity (Wildman–Crippen MR) is 94.4 cm³/mol. The number of hydrogen-bond donors (Lipinski definition) is 2. The summed E-state index contributed by atoms with van der Waals surface area (Å²) < 4.78 is 2.77. The van der Waals surface area contributed by atoms with Crippen LogP contribution in [-0.4, -0.2) is 15.1 Å². The fourth-order valence-electron chi connectivity index (χ4n) is 2.18. The summed E-state index contributed by atoms with van der Waals surface area (Å²) in [6.07, 6.45) is -0.781. The van der Waals surface area contributed by atoms with Crippen LogP contribution >= 0.6 is 47.8 Å². The Labute approximate surface area is 147 Å². The van der Waals surface area contributed by atoms with Gasteiger partial charge in [0.15, 0.2) is 0 Å². The van der Waals surface area contributed by atoms with Gasteiger partial charge in [-0.1, -0.05) is 30.3 Å². The maximum absolute atomic E-state index is 10.5. The molecule has 0 aliphatic carbocycles. The number of nitrogens with one attached hydrogen (secondary N) is 1. The molecule has 3 nitrogen and oxygen atoms in total. The van der Waals surface area contributed by atoms with E-state index in [1.165, 1.54) is 0 Å². The Bertz CT molecular complexity index is 770. The lowest BCUT2D eigenvalue weighted by Crippen LogP contribution is -2.01. The second-order valence-corrected chi connectivity index (χ2v) is 7.10. The molecular formula is C15H11Br3N2O. The number of aromatic nitrogens is 2. The van der Waals surface area contributed by atoms with Crippen molar-refractivity contribution >= 4 is 58.8 Å². The van der Waals surface area contributed by atoms with Crippen LogP contribution in [-0.2, 0) is 0 Å². The molecule has 21 heavy (non-hydrogen) atoms. The number of nitrogens with zero attached hydrogens (tertiary/aromatic N) is 1. The minimum Gasteiger partial charge on any atom is -0.380 e. The number of fused-ring (bicyclic) bond motifs is 1. The smallest absolute Gasteiger partial charge is 0.140 e. The third-order valence-corrected chi connectivity index (χ3v) is 6.66. The van der Waals surface area contributed by atoms with Gasteiger partial charge in [0.25, 0.3) is 0 Å². The van der Waals surface area contributed by atoms with Crippen LogP contribution in [0.4, 0.5) is 0 Å². The minimum atomic E-state index is -0.781. The number of benzene rings is 2. The van der Waals surface area contributed by atoms with Gasteiger partial charge in [0.2, 0.25) is 0 Å². The van der Waals surface area contributed by atoms with E-state index in [0.717, 1.165) is 35.6 Å². The van der Waals surface area contributed by atoms with Crippen molar-refractivity contribution in [2.24, 2.45) is 0 Å². The molecule has 6 heteroatoms.